The van der Waals surface area contributed by atoms with Gasteiger partial charge in [0.1, 0.15) is 5.58 Å². The Morgan fingerprint density at radius 3 is 2.26 bits per heavy atom. The summed E-state index contributed by atoms with van der Waals surface area (Å²) in [5, 5.41) is -0.189. The number of furan rings is 1. The second kappa shape index (κ2) is 3.94. The topological polar surface area (TPSA) is 56.2 Å². The maximum Gasteiger partial charge on any atom is 0.416 e. The molecular weight excluding hydrogens is 273 g/mol. The zero-order valence-electron chi connectivity index (χ0n) is 9.09. The van der Waals surface area contributed by atoms with Crippen molar-refractivity contribution in [1.29, 1.82) is 0 Å². The maximum atomic E-state index is 13.3. The SMILES string of the molecule is NC(=O)C(F)(F)c1cc2cc(C(F)(F)F)ccc2o1. The molecule has 0 saturated heterocycles. The van der Waals surface area contributed by atoms with Crippen LogP contribution in [0.4, 0.5) is 22.0 Å². The highest BCUT2D eigenvalue weighted by Gasteiger charge is 2.42. The molecule has 102 valence electrons. The number of hydrogen-bond donors (Lipinski definition) is 1. The molecule has 0 atom stereocenters. The van der Waals surface area contributed by atoms with E-state index in [1.165, 1.54) is 0 Å². The van der Waals surface area contributed by atoms with Crippen LogP contribution in [0.3, 0.4) is 0 Å². The summed E-state index contributed by atoms with van der Waals surface area (Å²) in [6, 6.07) is 2.91. The van der Waals surface area contributed by atoms with Crippen molar-refractivity contribution in [2.24, 2.45) is 5.73 Å². The van der Waals surface area contributed by atoms with Crippen LogP contribution in [0.15, 0.2) is 28.7 Å². The lowest BCUT2D eigenvalue weighted by atomic mass is 10.1. The molecule has 1 aromatic heterocycles. The quantitative estimate of drug-likeness (QED) is 0.859. The molecule has 0 spiro atoms. The van der Waals surface area contributed by atoms with Gasteiger partial charge in [-0.15, -0.1) is 0 Å². The average Bonchev–Trinajstić information content (AvgIpc) is 2.70. The van der Waals surface area contributed by atoms with Gasteiger partial charge in [-0.05, 0) is 24.3 Å². The van der Waals surface area contributed by atoms with Gasteiger partial charge in [-0.1, -0.05) is 0 Å². The monoisotopic (exact) mass is 279 g/mol. The largest absolute Gasteiger partial charge is 0.454 e. The summed E-state index contributed by atoms with van der Waals surface area (Å²) in [6.07, 6.45) is -4.60. The van der Waals surface area contributed by atoms with Crippen LogP contribution in [-0.4, -0.2) is 5.91 Å². The zero-order valence-corrected chi connectivity index (χ0v) is 9.09. The Morgan fingerprint density at radius 1 is 1.11 bits per heavy atom. The number of rotatable bonds is 2. The Morgan fingerprint density at radius 2 is 1.74 bits per heavy atom. The van der Waals surface area contributed by atoms with Crippen molar-refractivity contribution in [3.63, 3.8) is 0 Å². The number of halogens is 5. The Hall–Kier alpha value is -2.12. The molecule has 1 amide bonds. The predicted molar refractivity (Wildman–Crippen MR) is 54.3 cm³/mol. The molecule has 1 heterocycles. The van der Waals surface area contributed by atoms with Crippen LogP contribution in [0.5, 0.6) is 0 Å². The van der Waals surface area contributed by atoms with Crippen LogP contribution < -0.4 is 5.73 Å². The second-order valence-corrected chi connectivity index (χ2v) is 3.80. The van der Waals surface area contributed by atoms with Crippen LogP contribution in [0.25, 0.3) is 11.0 Å². The number of fused-ring (bicyclic) bond motifs is 1. The van der Waals surface area contributed by atoms with Crippen molar-refractivity contribution in [2.45, 2.75) is 12.1 Å². The van der Waals surface area contributed by atoms with Crippen molar-refractivity contribution in [1.82, 2.24) is 0 Å². The molecule has 0 saturated carbocycles. The first-order valence-electron chi connectivity index (χ1n) is 4.91. The summed E-state index contributed by atoms with van der Waals surface area (Å²) in [5.41, 5.74) is 3.30. The molecule has 0 unspecified atom stereocenters. The summed E-state index contributed by atoms with van der Waals surface area (Å²) >= 11 is 0. The molecule has 0 aliphatic carbocycles. The lowest BCUT2D eigenvalue weighted by molar-refractivity contribution is -0.145. The van der Waals surface area contributed by atoms with Gasteiger partial charge in [0.05, 0.1) is 5.56 Å². The number of hydrogen-bond acceptors (Lipinski definition) is 2. The average molecular weight is 279 g/mol. The molecule has 2 rings (SSSR count). The predicted octanol–water partition coefficient (Wildman–Crippen LogP) is 3.03. The van der Waals surface area contributed by atoms with E-state index in [0.29, 0.717) is 18.2 Å². The van der Waals surface area contributed by atoms with E-state index < -0.39 is 29.3 Å². The van der Waals surface area contributed by atoms with E-state index in [1.54, 1.807) is 0 Å². The van der Waals surface area contributed by atoms with Crippen LogP contribution in [-0.2, 0) is 16.9 Å². The second-order valence-electron chi connectivity index (χ2n) is 3.80. The van der Waals surface area contributed by atoms with E-state index in [-0.39, 0.29) is 11.0 Å². The van der Waals surface area contributed by atoms with E-state index in [2.05, 4.69) is 10.2 Å². The number of alkyl halides is 5. The fourth-order valence-electron chi connectivity index (χ4n) is 1.50. The number of nitrogens with two attached hydrogens (primary N) is 1. The molecule has 19 heavy (non-hydrogen) atoms. The van der Waals surface area contributed by atoms with E-state index in [1.807, 2.05) is 0 Å². The number of primary amides is 1. The van der Waals surface area contributed by atoms with Crippen molar-refractivity contribution in [2.75, 3.05) is 0 Å². The summed E-state index contributed by atoms with van der Waals surface area (Å²) in [5.74, 6) is -7.10. The highest BCUT2D eigenvalue weighted by atomic mass is 19.4. The van der Waals surface area contributed by atoms with Crippen molar-refractivity contribution in [3.8, 4) is 0 Å². The van der Waals surface area contributed by atoms with Crippen LogP contribution in [0.1, 0.15) is 11.3 Å². The summed E-state index contributed by atoms with van der Waals surface area (Å²) in [6.45, 7) is 0. The Labute approximate surface area is 102 Å². The van der Waals surface area contributed by atoms with Gasteiger partial charge >= 0.3 is 12.1 Å². The third-order valence-corrected chi connectivity index (χ3v) is 2.46. The minimum absolute atomic E-state index is 0.189. The van der Waals surface area contributed by atoms with Crippen LogP contribution in [0, 0.1) is 0 Å². The van der Waals surface area contributed by atoms with Gasteiger partial charge in [0.25, 0.3) is 5.91 Å². The number of carbonyl (C=O) groups excluding carboxylic acids is 1. The minimum Gasteiger partial charge on any atom is -0.454 e. The fraction of sp³-hybridized carbons (Fsp3) is 0.182. The smallest absolute Gasteiger partial charge is 0.416 e. The number of carbonyl (C=O) groups is 1. The molecule has 0 radical (unpaired) electrons. The van der Waals surface area contributed by atoms with Gasteiger partial charge in [-0.3, -0.25) is 4.79 Å². The minimum atomic E-state index is -4.60. The molecule has 1 aromatic carbocycles. The fourth-order valence-corrected chi connectivity index (χ4v) is 1.50. The standard InChI is InChI=1S/C11H6F5NO2/c12-10(13,9(17)18)8-4-5-3-6(11(14,15)16)1-2-7(5)19-8/h1-4H,(H2,17,18). The van der Waals surface area contributed by atoms with Gasteiger partial charge in [-0.25, -0.2) is 0 Å². The molecule has 0 bridgehead atoms. The highest BCUT2D eigenvalue weighted by molar-refractivity contribution is 5.85. The van der Waals surface area contributed by atoms with Crippen molar-refractivity contribution >= 4 is 16.9 Å². The van der Waals surface area contributed by atoms with E-state index in [9.17, 15) is 26.7 Å². The Bertz CT molecular complexity index is 644. The van der Waals surface area contributed by atoms with E-state index in [0.717, 1.165) is 6.07 Å². The maximum absolute atomic E-state index is 13.3. The lowest BCUT2D eigenvalue weighted by Gasteiger charge is -2.07. The molecular formula is C11H6F5NO2. The summed E-state index contributed by atoms with van der Waals surface area (Å²) in [7, 11) is 0. The normalized spacial score (nSPS) is 12.9. The number of benzene rings is 1. The first kappa shape index (κ1) is 13.3. The highest BCUT2D eigenvalue weighted by Crippen LogP contribution is 2.36. The van der Waals surface area contributed by atoms with Gasteiger partial charge < -0.3 is 10.2 Å². The van der Waals surface area contributed by atoms with Crippen molar-refractivity contribution < 1.29 is 31.2 Å². The van der Waals surface area contributed by atoms with Gasteiger partial charge in [0.2, 0.25) is 0 Å². The summed E-state index contributed by atoms with van der Waals surface area (Å²) < 4.78 is 68.5. The molecule has 0 aliphatic rings. The third-order valence-electron chi connectivity index (χ3n) is 2.46. The molecule has 0 aliphatic heterocycles. The van der Waals surface area contributed by atoms with Crippen molar-refractivity contribution in [3.05, 3.63) is 35.6 Å². The van der Waals surface area contributed by atoms with Crippen LogP contribution >= 0.6 is 0 Å². The number of amides is 1. The van der Waals surface area contributed by atoms with E-state index in [4.69, 9.17) is 0 Å². The Balaban J connectivity index is 2.56. The Kier molecular flexibility index (Phi) is 2.76. The lowest BCUT2D eigenvalue weighted by Crippen LogP contribution is -2.32. The first-order chi connectivity index (χ1) is 8.62. The molecule has 8 heteroatoms. The zero-order chi connectivity index (χ0) is 14.4. The van der Waals surface area contributed by atoms with Gasteiger partial charge in [0, 0.05) is 5.39 Å². The first-order valence-corrected chi connectivity index (χ1v) is 4.91. The third kappa shape index (κ3) is 2.25. The summed E-state index contributed by atoms with van der Waals surface area (Å²) in [4.78, 5) is 10.6. The molecule has 2 aromatic rings. The van der Waals surface area contributed by atoms with Gasteiger partial charge in [-0.2, -0.15) is 22.0 Å². The molecule has 0 fully saturated rings. The van der Waals surface area contributed by atoms with Crippen LogP contribution in [0.2, 0.25) is 0 Å². The molecule has 3 nitrogen and oxygen atoms in total. The van der Waals surface area contributed by atoms with Gasteiger partial charge in [0.15, 0.2) is 5.76 Å². The molecule has 2 N–H and O–H groups in total. The van der Waals surface area contributed by atoms with E-state index >= 15 is 0 Å².